The first-order valence-corrected chi connectivity index (χ1v) is 6.51. The fourth-order valence-corrected chi connectivity index (χ4v) is 1.80. The molecule has 0 saturated heterocycles. The van der Waals surface area contributed by atoms with Crippen molar-refractivity contribution in [3.8, 4) is 17.7 Å². The average Bonchev–Trinajstić information content (AvgIpc) is 2.46. The SMILES string of the molecule is CCNc1nc(C)nc(Oc2ccc(C#N)cc2F)c1C. The van der Waals surface area contributed by atoms with E-state index in [1.165, 1.54) is 12.1 Å². The van der Waals surface area contributed by atoms with Crippen LogP contribution in [0.5, 0.6) is 11.6 Å². The molecule has 0 aliphatic rings. The third kappa shape index (κ3) is 3.26. The van der Waals surface area contributed by atoms with Gasteiger partial charge in [-0.15, -0.1) is 0 Å². The van der Waals surface area contributed by atoms with Gasteiger partial charge in [-0.2, -0.15) is 10.2 Å². The third-order valence-electron chi connectivity index (χ3n) is 2.82. The number of aromatic nitrogens is 2. The zero-order chi connectivity index (χ0) is 15.4. The summed E-state index contributed by atoms with van der Waals surface area (Å²) in [5, 5.41) is 11.8. The number of nitrogens with zero attached hydrogens (tertiary/aromatic N) is 3. The molecule has 0 aliphatic heterocycles. The van der Waals surface area contributed by atoms with Crippen LogP contribution in [0.3, 0.4) is 0 Å². The fourth-order valence-electron chi connectivity index (χ4n) is 1.80. The Morgan fingerprint density at radius 2 is 2.10 bits per heavy atom. The lowest BCUT2D eigenvalue weighted by molar-refractivity contribution is 0.422. The first kappa shape index (κ1) is 14.7. The molecular formula is C15H15FN4O. The number of nitriles is 1. The zero-order valence-corrected chi connectivity index (χ0v) is 12.1. The summed E-state index contributed by atoms with van der Waals surface area (Å²) in [4.78, 5) is 8.47. The minimum absolute atomic E-state index is 0.0256. The lowest BCUT2D eigenvalue weighted by Crippen LogP contribution is -2.06. The molecule has 6 heteroatoms. The van der Waals surface area contributed by atoms with Crippen molar-refractivity contribution in [2.45, 2.75) is 20.8 Å². The van der Waals surface area contributed by atoms with Gasteiger partial charge in [0, 0.05) is 6.54 Å². The Morgan fingerprint density at radius 1 is 1.33 bits per heavy atom. The summed E-state index contributed by atoms with van der Waals surface area (Å²) in [5.41, 5.74) is 0.940. The Labute approximate surface area is 122 Å². The maximum absolute atomic E-state index is 13.9. The molecule has 0 radical (unpaired) electrons. The Kier molecular flexibility index (Phi) is 4.33. The molecule has 0 aliphatic carbocycles. The van der Waals surface area contributed by atoms with Crippen molar-refractivity contribution in [3.63, 3.8) is 0 Å². The summed E-state index contributed by atoms with van der Waals surface area (Å²) < 4.78 is 19.4. The van der Waals surface area contributed by atoms with E-state index in [2.05, 4.69) is 15.3 Å². The highest BCUT2D eigenvalue weighted by Gasteiger charge is 2.13. The highest BCUT2D eigenvalue weighted by Crippen LogP contribution is 2.29. The maximum atomic E-state index is 13.9. The van der Waals surface area contributed by atoms with Gasteiger partial charge in [-0.3, -0.25) is 0 Å². The summed E-state index contributed by atoms with van der Waals surface area (Å²) in [6.45, 7) is 6.20. The number of rotatable bonds is 4. The largest absolute Gasteiger partial charge is 0.435 e. The highest BCUT2D eigenvalue weighted by atomic mass is 19.1. The van der Waals surface area contributed by atoms with Crippen LogP contribution < -0.4 is 10.1 Å². The monoisotopic (exact) mass is 286 g/mol. The first-order valence-electron chi connectivity index (χ1n) is 6.51. The molecule has 21 heavy (non-hydrogen) atoms. The van der Waals surface area contributed by atoms with Gasteiger partial charge in [-0.25, -0.2) is 9.37 Å². The number of halogens is 1. The van der Waals surface area contributed by atoms with E-state index in [1.54, 1.807) is 13.8 Å². The second-order valence-corrected chi connectivity index (χ2v) is 4.44. The smallest absolute Gasteiger partial charge is 0.227 e. The van der Waals surface area contributed by atoms with Crippen LogP contribution in [0.25, 0.3) is 0 Å². The molecule has 0 fully saturated rings. The number of benzene rings is 1. The van der Waals surface area contributed by atoms with Gasteiger partial charge in [0.15, 0.2) is 11.6 Å². The van der Waals surface area contributed by atoms with Crippen LogP contribution in [0.1, 0.15) is 23.9 Å². The van der Waals surface area contributed by atoms with Crippen molar-refractivity contribution in [1.29, 1.82) is 5.26 Å². The molecule has 1 aromatic heterocycles. The second kappa shape index (κ2) is 6.18. The van der Waals surface area contributed by atoms with E-state index in [1.807, 2.05) is 13.0 Å². The quantitative estimate of drug-likeness (QED) is 0.933. The summed E-state index contributed by atoms with van der Waals surface area (Å²) in [7, 11) is 0. The molecule has 0 saturated carbocycles. The minimum atomic E-state index is -0.602. The van der Waals surface area contributed by atoms with E-state index in [0.29, 0.717) is 29.6 Å². The summed E-state index contributed by atoms with van der Waals surface area (Å²) in [6, 6.07) is 5.91. The molecule has 0 amide bonds. The molecular weight excluding hydrogens is 271 g/mol. The molecule has 2 rings (SSSR count). The normalized spacial score (nSPS) is 10.0. The van der Waals surface area contributed by atoms with Gasteiger partial charge >= 0.3 is 0 Å². The van der Waals surface area contributed by atoms with Crippen molar-refractivity contribution < 1.29 is 9.13 Å². The lowest BCUT2D eigenvalue weighted by Gasteiger charge is -2.13. The third-order valence-corrected chi connectivity index (χ3v) is 2.82. The molecule has 1 aromatic carbocycles. The van der Waals surface area contributed by atoms with Crippen molar-refractivity contribution >= 4 is 5.82 Å². The van der Waals surface area contributed by atoms with Gasteiger partial charge < -0.3 is 10.1 Å². The Morgan fingerprint density at radius 3 is 2.71 bits per heavy atom. The molecule has 108 valence electrons. The Balaban J connectivity index is 2.38. The molecule has 0 bridgehead atoms. The van der Waals surface area contributed by atoms with Crippen LogP contribution in [0, 0.1) is 31.0 Å². The van der Waals surface area contributed by atoms with E-state index in [4.69, 9.17) is 10.00 Å². The van der Waals surface area contributed by atoms with Crippen LogP contribution in [-0.2, 0) is 0 Å². The van der Waals surface area contributed by atoms with Crippen LogP contribution >= 0.6 is 0 Å². The van der Waals surface area contributed by atoms with Crippen molar-refractivity contribution in [3.05, 3.63) is 41.0 Å². The van der Waals surface area contributed by atoms with Gasteiger partial charge in [0.1, 0.15) is 11.6 Å². The van der Waals surface area contributed by atoms with E-state index >= 15 is 0 Å². The number of hydrogen-bond acceptors (Lipinski definition) is 5. The second-order valence-electron chi connectivity index (χ2n) is 4.44. The van der Waals surface area contributed by atoms with E-state index < -0.39 is 5.82 Å². The molecule has 5 nitrogen and oxygen atoms in total. The highest BCUT2D eigenvalue weighted by molar-refractivity contribution is 5.50. The van der Waals surface area contributed by atoms with E-state index in [9.17, 15) is 4.39 Å². The topological polar surface area (TPSA) is 70.8 Å². The van der Waals surface area contributed by atoms with E-state index in [0.717, 1.165) is 6.07 Å². The molecule has 2 aromatic rings. The van der Waals surface area contributed by atoms with Crippen LogP contribution in [-0.4, -0.2) is 16.5 Å². The molecule has 0 unspecified atom stereocenters. The zero-order valence-electron chi connectivity index (χ0n) is 12.1. The molecule has 1 N–H and O–H groups in total. The number of hydrogen-bond donors (Lipinski definition) is 1. The van der Waals surface area contributed by atoms with Crippen molar-refractivity contribution in [1.82, 2.24) is 9.97 Å². The number of anilines is 1. The van der Waals surface area contributed by atoms with Crippen molar-refractivity contribution in [2.24, 2.45) is 0 Å². The molecule has 0 atom stereocenters. The van der Waals surface area contributed by atoms with Crippen molar-refractivity contribution in [2.75, 3.05) is 11.9 Å². The van der Waals surface area contributed by atoms with Gasteiger partial charge in [-0.05, 0) is 39.0 Å². The Hall–Kier alpha value is -2.68. The summed E-state index contributed by atoms with van der Waals surface area (Å²) in [5.74, 6) is 0.907. The molecule has 1 heterocycles. The van der Waals surface area contributed by atoms with Gasteiger partial charge in [0.25, 0.3) is 0 Å². The number of nitrogens with one attached hydrogen (secondary N) is 1. The van der Waals surface area contributed by atoms with Gasteiger partial charge in [0.2, 0.25) is 5.88 Å². The van der Waals surface area contributed by atoms with Gasteiger partial charge in [-0.1, -0.05) is 0 Å². The summed E-state index contributed by atoms with van der Waals surface area (Å²) in [6.07, 6.45) is 0. The summed E-state index contributed by atoms with van der Waals surface area (Å²) >= 11 is 0. The molecule has 0 spiro atoms. The lowest BCUT2D eigenvalue weighted by atomic mass is 10.2. The standard InChI is InChI=1S/C15H15FN4O/c1-4-18-14-9(2)15(20-10(3)19-14)21-13-6-5-11(8-17)7-12(13)16/h5-7H,4H2,1-3H3,(H,18,19,20). The predicted octanol–water partition coefficient (Wildman–Crippen LogP) is 3.33. The Bertz CT molecular complexity index is 710. The average molecular weight is 286 g/mol. The minimum Gasteiger partial charge on any atom is -0.435 e. The van der Waals surface area contributed by atoms with Crippen LogP contribution in [0.15, 0.2) is 18.2 Å². The predicted molar refractivity (Wildman–Crippen MR) is 76.9 cm³/mol. The van der Waals surface area contributed by atoms with Gasteiger partial charge in [0.05, 0.1) is 17.2 Å². The first-order chi connectivity index (χ1) is 10.0. The number of ether oxygens (including phenoxy) is 1. The van der Waals surface area contributed by atoms with Crippen LogP contribution in [0.4, 0.5) is 10.2 Å². The van der Waals surface area contributed by atoms with Crippen LogP contribution in [0.2, 0.25) is 0 Å². The maximum Gasteiger partial charge on any atom is 0.227 e. The fraction of sp³-hybridized carbons (Fsp3) is 0.267. The number of aryl methyl sites for hydroxylation is 1. The van der Waals surface area contributed by atoms with E-state index in [-0.39, 0.29) is 11.3 Å².